The van der Waals surface area contributed by atoms with Crippen LogP contribution in [0.2, 0.25) is 0 Å². The Labute approximate surface area is 169 Å². The quantitative estimate of drug-likeness (QED) is 0.378. The Morgan fingerprint density at radius 2 is 0.609 bits per heavy atom. The fourth-order valence-corrected chi connectivity index (χ4v) is 4.33. The molecule has 0 aromatic rings. The van der Waals surface area contributed by atoms with Crippen molar-refractivity contribution in [1.82, 2.24) is 0 Å². The number of hydrogen-bond acceptors (Lipinski definition) is 0. The smallest absolute Gasteiger partial charge is 0.358 e. The second-order valence-electron chi connectivity index (χ2n) is 8.10. The molecule has 0 bridgehead atoms. The third-order valence-electron chi connectivity index (χ3n) is 7.71. The fourth-order valence-electron chi connectivity index (χ4n) is 4.33. The Kier molecular flexibility index (Phi) is 14.3. The zero-order valence-electron chi connectivity index (χ0n) is 18.1. The topological polar surface area (TPSA) is 0 Å². The molecular formula is C22H44Zr. The molecule has 1 heteroatoms. The molecule has 136 valence electrons. The second kappa shape index (κ2) is 11.5. The molecule has 2 saturated carbocycles. The summed E-state index contributed by atoms with van der Waals surface area (Å²) in [5, 5.41) is 0. The van der Waals surface area contributed by atoms with Gasteiger partial charge in [0.25, 0.3) is 0 Å². The van der Waals surface area contributed by atoms with Crippen molar-refractivity contribution < 1.29 is 26.2 Å². The van der Waals surface area contributed by atoms with E-state index in [4.69, 9.17) is 0 Å². The molecule has 2 unspecified atom stereocenters. The van der Waals surface area contributed by atoms with Gasteiger partial charge in [-0.05, 0) is 59.2 Å². The van der Waals surface area contributed by atoms with E-state index in [2.05, 4.69) is 69.2 Å². The van der Waals surface area contributed by atoms with E-state index >= 15 is 0 Å². The zero-order chi connectivity index (χ0) is 15.8. The molecule has 0 spiro atoms. The van der Waals surface area contributed by atoms with Gasteiger partial charge in [-0.25, -0.2) is 0 Å². The molecule has 2 rings (SSSR count). The standard InChI is InChI=1S/C10H20.C10H18.2CH3.Zr/c2*1-6-7(2)9(4)10(5)8(6)3;;;/h6-10H,1-5H3;6-8H,1-5H3;2*1H3;/q;;2*-1;+2. The largest absolute Gasteiger partial charge is 2.00 e. The zero-order valence-corrected chi connectivity index (χ0v) is 20.6. The molecule has 0 saturated heterocycles. The Morgan fingerprint density at radius 3 is 0.696 bits per heavy atom. The van der Waals surface area contributed by atoms with E-state index in [0.717, 1.165) is 47.3 Å². The van der Waals surface area contributed by atoms with Crippen LogP contribution in [0.3, 0.4) is 0 Å². The van der Waals surface area contributed by atoms with Crippen LogP contribution in [0.15, 0.2) is 0 Å². The van der Waals surface area contributed by atoms with Crippen LogP contribution in [0.25, 0.3) is 0 Å². The summed E-state index contributed by atoms with van der Waals surface area (Å²) >= 11 is 0. The van der Waals surface area contributed by atoms with E-state index < -0.39 is 0 Å². The number of hydrogen-bond donors (Lipinski definition) is 0. The van der Waals surface area contributed by atoms with Crippen LogP contribution in [0, 0.1) is 74.0 Å². The van der Waals surface area contributed by atoms with E-state index in [1.165, 1.54) is 0 Å². The van der Waals surface area contributed by atoms with Gasteiger partial charge in [0.05, 0.1) is 0 Å². The van der Waals surface area contributed by atoms with Crippen molar-refractivity contribution in [3.63, 3.8) is 0 Å². The van der Waals surface area contributed by atoms with Crippen molar-refractivity contribution in [2.75, 3.05) is 0 Å². The van der Waals surface area contributed by atoms with Gasteiger partial charge < -0.3 is 14.9 Å². The first-order valence-electron chi connectivity index (χ1n) is 8.78. The minimum absolute atomic E-state index is 0. The first-order valence-corrected chi connectivity index (χ1v) is 8.78. The molecule has 2 aliphatic rings. The van der Waals surface area contributed by atoms with E-state index in [1.54, 1.807) is 11.8 Å². The van der Waals surface area contributed by atoms with Crippen LogP contribution in [0.4, 0.5) is 0 Å². The van der Waals surface area contributed by atoms with Crippen molar-refractivity contribution in [2.45, 2.75) is 69.2 Å². The van der Waals surface area contributed by atoms with Gasteiger partial charge in [0, 0.05) is 0 Å². The van der Waals surface area contributed by atoms with Crippen LogP contribution >= 0.6 is 0 Å². The van der Waals surface area contributed by atoms with Gasteiger partial charge in [-0.15, -0.1) is 0 Å². The molecule has 2 aliphatic carbocycles. The van der Waals surface area contributed by atoms with Gasteiger partial charge in [0.2, 0.25) is 0 Å². The Balaban J connectivity index is -0.000000308. The van der Waals surface area contributed by atoms with Crippen LogP contribution in [-0.2, 0) is 26.2 Å². The summed E-state index contributed by atoms with van der Waals surface area (Å²) in [6, 6.07) is 0. The molecule has 0 amide bonds. The first-order chi connectivity index (χ1) is 9.11. The minimum Gasteiger partial charge on any atom is -0.358 e. The van der Waals surface area contributed by atoms with E-state index in [1.807, 2.05) is 0 Å². The SMILES string of the molecule is CC1C(C)C(C)C(C)C1C.C[C]1[C](C)C(C)C(C)C1C.[CH3-].[CH3-].[Zr+2]. The Hall–Kier alpha value is 0.883. The van der Waals surface area contributed by atoms with Gasteiger partial charge >= 0.3 is 26.2 Å². The molecule has 23 heavy (non-hydrogen) atoms. The molecule has 0 nitrogen and oxygen atoms in total. The molecule has 2 fully saturated rings. The molecular weight excluding hydrogens is 355 g/mol. The van der Waals surface area contributed by atoms with E-state index in [9.17, 15) is 0 Å². The van der Waals surface area contributed by atoms with Gasteiger partial charge in [-0.3, -0.25) is 0 Å². The van der Waals surface area contributed by atoms with Crippen molar-refractivity contribution in [3.05, 3.63) is 26.7 Å². The summed E-state index contributed by atoms with van der Waals surface area (Å²) < 4.78 is 0. The molecule has 2 radical (unpaired) electrons. The number of rotatable bonds is 0. The van der Waals surface area contributed by atoms with Crippen molar-refractivity contribution in [2.24, 2.45) is 47.3 Å². The summed E-state index contributed by atoms with van der Waals surface area (Å²) in [7, 11) is 0. The van der Waals surface area contributed by atoms with Crippen molar-refractivity contribution in [1.29, 1.82) is 0 Å². The second-order valence-corrected chi connectivity index (χ2v) is 8.10. The average Bonchev–Trinajstić information content (AvgIpc) is 2.71. The van der Waals surface area contributed by atoms with Crippen LogP contribution in [0.5, 0.6) is 0 Å². The fraction of sp³-hybridized carbons (Fsp3) is 0.818. The molecule has 0 N–H and O–H groups in total. The average molecular weight is 400 g/mol. The first kappa shape index (κ1) is 28.7. The van der Waals surface area contributed by atoms with Crippen LogP contribution in [-0.4, -0.2) is 0 Å². The minimum atomic E-state index is 0. The summed E-state index contributed by atoms with van der Waals surface area (Å²) in [6.07, 6.45) is 0. The normalized spacial score (nSPS) is 43.6. The van der Waals surface area contributed by atoms with Crippen molar-refractivity contribution >= 4 is 0 Å². The third kappa shape index (κ3) is 5.97. The van der Waals surface area contributed by atoms with Gasteiger partial charge in [-0.1, -0.05) is 69.2 Å². The molecule has 0 aliphatic heterocycles. The monoisotopic (exact) mass is 398 g/mol. The molecule has 0 heterocycles. The molecule has 0 aromatic carbocycles. The van der Waals surface area contributed by atoms with Crippen LogP contribution < -0.4 is 0 Å². The van der Waals surface area contributed by atoms with Gasteiger partial charge in [0.15, 0.2) is 0 Å². The summed E-state index contributed by atoms with van der Waals surface area (Å²) in [6.45, 7) is 23.6. The summed E-state index contributed by atoms with van der Waals surface area (Å²) in [5.41, 5.74) is 0. The maximum atomic E-state index is 2.40. The van der Waals surface area contributed by atoms with Crippen LogP contribution in [0.1, 0.15) is 69.2 Å². The molecule has 0 aromatic heterocycles. The maximum Gasteiger partial charge on any atom is 2.00 e. The predicted octanol–water partition coefficient (Wildman–Crippen LogP) is 7.18. The maximum absolute atomic E-state index is 2.40. The van der Waals surface area contributed by atoms with Crippen molar-refractivity contribution in [3.8, 4) is 0 Å². The summed E-state index contributed by atoms with van der Waals surface area (Å²) in [4.78, 5) is 0. The Bertz CT molecular complexity index is 181. The Morgan fingerprint density at radius 1 is 0.435 bits per heavy atom. The van der Waals surface area contributed by atoms with E-state index in [0.29, 0.717) is 0 Å². The predicted molar refractivity (Wildman–Crippen MR) is 104 cm³/mol. The van der Waals surface area contributed by atoms with Gasteiger partial charge in [0.1, 0.15) is 0 Å². The third-order valence-corrected chi connectivity index (χ3v) is 7.71. The molecule has 2 atom stereocenters. The van der Waals surface area contributed by atoms with E-state index in [-0.39, 0.29) is 41.1 Å². The van der Waals surface area contributed by atoms with Gasteiger partial charge in [-0.2, -0.15) is 0 Å². The summed E-state index contributed by atoms with van der Waals surface area (Å²) in [5.74, 6) is 10.4.